The molecule has 6 nitrogen and oxygen atoms in total. The first kappa shape index (κ1) is 20.4. The molecule has 1 aromatic carbocycles. The summed E-state index contributed by atoms with van der Waals surface area (Å²) in [5.41, 5.74) is 10.9. The highest BCUT2D eigenvalue weighted by Gasteiger charge is 2.83. The van der Waals surface area contributed by atoms with Crippen LogP contribution in [0.2, 0.25) is 0 Å². The van der Waals surface area contributed by atoms with E-state index in [0.29, 0.717) is 6.42 Å². The van der Waals surface area contributed by atoms with Gasteiger partial charge in [-0.3, -0.25) is 14.4 Å². The predicted octanol–water partition coefficient (Wildman–Crippen LogP) is 2.71. The van der Waals surface area contributed by atoms with Crippen LogP contribution in [-0.2, 0) is 25.5 Å². The van der Waals surface area contributed by atoms with Gasteiger partial charge >= 0.3 is 5.97 Å². The van der Waals surface area contributed by atoms with Crippen LogP contribution in [-0.4, -0.2) is 24.9 Å². The largest absolute Gasteiger partial charge is 0.469 e. The number of carbonyl (C=O) groups is 3. The van der Waals surface area contributed by atoms with Crippen LogP contribution >= 0.6 is 15.9 Å². The predicted molar refractivity (Wildman–Crippen MR) is 110 cm³/mol. The van der Waals surface area contributed by atoms with Gasteiger partial charge in [-0.15, -0.1) is 0 Å². The fourth-order valence-electron chi connectivity index (χ4n) is 7.09. The van der Waals surface area contributed by atoms with Gasteiger partial charge in [0, 0.05) is 10.9 Å². The molecular weight excluding hydrogens is 436 g/mol. The molecule has 4 rings (SSSR count). The number of methoxy groups -OCH3 is 1. The maximum Gasteiger partial charge on any atom is 0.305 e. The van der Waals surface area contributed by atoms with Crippen molar-refractivity contribution in [2.45, 2.75) is 44.9 Å². The van der Waals surface area contributed by atoms with Crippen molar-refractivity contribution in [3.05, 3.63) is 34.3 Å². The van der Waals surface area contributed by atoms with Crippen molar-refractivity contribution in [1.29, 1.82) is 0 Å². The number of esters is 1. The Balaban J connectivity index is 1.87. The van der Waals surface area contributed by atoms with E-state index in [4.69, 9.17) is 16.2 Å². The maximum atomic E-state index is 13.2. The molecule has 156 valence electrons. The Bertz CT molecular complexity index is 866. The molecule has 3 fully saturated rings. The van der Waals surface area contributed by atoms with Crippen molar-refractivity contribution in [2.24, 2.45) is 39.5 Å². The van der Waals surface area contributed by atoms with Gasteiger partial charge in [-0.1, -0.05) is 28.1 Å². The third-order valence-corrected chi connectivity index (χ3v) is 8.70. The van der Waals surface area contributed by atoms with E-state index < -0.39 is 28.6 Å². The molecule has 2 amide bonds. The number of carbonyl (C=O) groups excluding carboxylic acids is 3. The average Bonchev–Trinajstić information content (AvgIpc) is 3.35. The maximum absolute atomic E-state index is 13.2. The van der Waals surface area contributed by atoms with Gasteiger partial charge in [0.1, 0.15) is 0 Å². The monoisotopic (exact) mass is 462 g/mol. The lowest BCUT2D eigenvalue weighted by molar-refractivity contribution is -0.158. The minimum absolute atomic E-state index is 0.00916. The molecule has 4 N–H and O–H groups in total. The van der Waals surface area contributed by atoms with Gasteiger partial charge in [-0.25, -0.2) is 0 Å². The zero-order valence-electron chi connectivity index (χ0n) is 16.6. The van der Waals surface area contributed by atoms with Crippen LogP contribution < -0.4 is 11.5 Å². The molecule has 3 saturated carbocycles. The van der Waals surface area contributed by atoms with E-state index in [2.05, 4.69) is 15.9 Å². The number of nitrogens with two attached hydrogens (primary N) is 2. The van der Waals surface area contributed by atoms with Crippen LogP contribution in [0.4, 0.5) is 0 Å². The molecule has 0 saturated heterocycles. The Hall–Kier alpha value is -1.89. The van der Waals surface area contributed by atoms with Gasteiger partial charge in [-0.05, 0) is 73.5 Å². The van der Waals surface area contributed by atoms with E-state index in [1.807, 2.05) is 24.3 Å². The lowest BCUT2D eigenvalue weighted by Gasteiger charge is -2.49. The van der Waals surface area contributed by atoms with Crippen LogP contribution in [0.1, 0.15) is 44.1 Å². The van der Waals surface area contributed by atoms with Crippen LogP contribution in [0.5, 0.6) is 0 Å². The summed E-state index contributed by atoms with van der Waals surface area (Å²) in [5.74, 6) is -1.37. The van der Waals surface area contributed by atoms with E-state index in [1.165, 1.54) is 7.11 Å². The number of rotatable bonds is 7. The quantitative estimate of drug-likeness (QED) is 0.606. The number of halogens is 1. The van der Waals surface area contributed by atoms with Gasteiger partial charge in [0.2, 0.25) is 11.8 Å². The molecule has 0 unspecified atom stereocenters. The van der Waals surface area contributed by atoms with Gasteiger partial charge in [0.25, 0.3) is 0 Å². The molecule has 0 aromatic heterocycles. The van der Waals surface area contributed by atoms with E-state index in [0.717, 1.165) is 35.7 Å². The van der Waals surface area contributed by atoms with Gasteiger partial charge in [0.05, 0.1) is 17.9 Å². The second-order valence-electron chi connectivity index (χ2n) is 8.97. The molecular formula is C22H27BrN2O4. The van der Waals surface area contributed by atoms with Gasteiger partial charge in [0.15, 0.2) is 0 Å². The minimum Gasteiger partial charge on any atom is -0.469 e. The van der Waals surface area contributed by atoms with Crippen molar-refractivity contribution in [3.8, 4) is 0 Å². The summed E-state index contributed by atoms with van der Waals surface area (Å²) in [6.45, 7) is 0. The number of benzene rings is 1. The minimum atomic E-state index is -1.13. The Morgan fingerprint density at radius 2 is 1.59 bits per heavy atom. The normalized spacial score (nSPS) is 33.6. The number of amides is 2. The molecule has 0 aliphatic heterocycles. The lowest BCUT2D eigenvalue weighted by atomic mass is 9.51. The standard InChI is InChI=1S/C22H27BrN2O4/c1-29-17(26)8-9-21(18(24)27)15-6-7-16(20(15)10-11-20)22(21,19(25)28)12-13-2-4-14(23)5-3-13/h2-5,15-16H,6-12H2,1H3,(H2,24,27)(H2,25,28)/t15-,16+,21+,22+/m1/s1. The van der Waals surface area contributed by atoms with Crippen LogP contribution in [0, 0.1) is 28.1 Å². The fourth-order valence-corrected chi connectivity index (χ4v) is 7.35. The Morgan fingerprint density at radius 1 is 1.03 bits per heavy atom. The summed E-state index contributed by atoms with van der Waals surface area (Å²) < 4.78 is 5.77. The second-order valence-corrected chi connectivity index (χ2v) is 9.88. The first-order valence-electron chi connectivity index (χ1n) is 10.2. The summed E-state index contributed by atoms with van der Waals surface area (Å²) in [7, 11) is 1.33. The fraction of sp³-hybridized carbons (Fsp3) is 0.591. The van der Waals surface area contributed by atoms with Gasteiger partial charge in [-0.2, -0.15) is 0 Å². The molecule has 7 heteroatoms. The lowest BCUT2D eigenvalue weighted by Crippen LogP contribution is -2.61. The van der Waals surface area contributed by atoms with Crippen molar-refractivity contribution >= 4 is 33.7 Å². The summed E-state index contributed by atoms with van der Waals surface area (Å²) >= 11 is 3.44. The van der Waals surface area contributed by atoms with E-state index in [-0.39, 0.29) is 30.1 Å². The number of hydrogen-bond donors (Lipinski definition) is 2. The molecule has 3 aliphatic rings. The van der Waals surface area contributed by atoms with Crippen molar-refractivity contribution in [2.75, 3.05) is 7.11 Å². The van der Waals surface area contributed by atoms with E-state index >= 15 is 0 Å². The third kappa shape index (κ3) is 2.62. The molecule has 29 heavy (non-hydrogen) atoms. The Labute approximate surface area is 178 Å². The van der Waals surface area contributed by atoms with Crippen LogP contribution in [0.3, 0.4) is 0 Å². The Kier molecular flexibility index (Phi) is 4.80. The van der Waals surface area contributed by atoms with E-state index in [9.17, 15) is 14.4 Å². The van der Waals surface area contributed by atoms with Crippen molar-refractivity contribution in [3.63, 3.8) is 0 Å². The molecule has 1 aromatic rings. The highest BCUT2D eigenvalue weighted by atomic mass is 79.9. The van der Waals surface area contributed by atoms with Crippen LogP contribution in [0.25, 0.3) is 0 Å². The summed E-state index contributed by atoms with van der Waals surface area (Å²) in [6, 6.07) is 7.74. The molecule has 1 spiro atoms. The highest BCUT2D eigenvalue weighted by molar-refractivity contribution is 9.10. The molecule has 0 radical (unpaired) electrons. The Morgan fingerprint density at radius 3 is 2.07 bits per heavy atom. The van der Waals surface area contributed by atoms with E-state index in [1.54, 1.807) is 0 Å². The first-order chi connectivity index (χ1) is 13.7. The highest BCUT2D eigenvalue weighted by Crippen LogP contribution is 2.83. The summed E-state index contributed by atoms with van der Waals surface area (Å²) in [5, 5.41) is 0. The molecule has 0 heterocycles. The molecule has 3 aliphatic carbocycles. The summed E-state index contributed by atoms with van der Waals surface area (Å²) in [6.07, 6.45) is 4.32. The molecule has 2 bridgehead atoms. The van der Waals surface area contributed by atoms with Crippen molar-refractivity contribution in [1.82, 2.24) is 0 Å². The molecule has 4 atom stereocenters. The first-order valence-corrected chi connectivity index (χ1v) is 10.9. The second kappa shape index (κ2) is 6.83. The summed E-state index contributed by atoms with van der Waals surface area (Å²) in [4.78, 5) is 38.4. The van der Waals surface area contributed by atoms with Crippen LogP contribution in [0.15, 0.2) is 28.7 Å². The van der Waals surface area contributed by atoms with Gasteiger partial charge < -0.3 is 16.2 Å². The number of primary amides is 2. The zero-order chi connectivity index (χ0) is 21.0. The zero-order valence-corrected chi connectivity index (χ0v) is 18.2. The number of hydrogen-bond acceptors (Lipinski definition) is 4. The SMILES string of the molecule is COC(=O)CC[C@@]1(C(N)=O)[C@@H]2CC[C@@H](C23CC3)[C@@]1(Cc1ccc(Br)cc1)C(N)=O. The van der Waals surface area contributed by atoms with Crippen molar-refractivity contribution < 1.29 is 19.1 Å². The number of ether oxygens (including phenoxy) is 1. The third-order valence-electron chi connectivity index (χ3n) is 8.17. The smallest absolute Gasteiger partial charge is 0.305 e. The topological polar surface area (TPSA) is 112 Å². The average molecular weight is 463 g/mol.